The Labute approximate surface area is 132 Å². The number of likely N-dealkylation sites (N-methyl/N-ethyl adjacent to an activating group) is 1. The second kappa shape index (κ2) is 8.06. The molecule has 1 N–H and O–H groups in total. The van der Waals surface area contributed by atoms with Gasteiger partial charge in [-0.05, 0) is 42.3 Å². The van der Waals surface area contributed by atoms with Crippen LogP contribution >= 0.6 is 11.6 Å². The van der Waals surface area contributed by atoms with E-state index in [1.807, 2.05) is 30.3 Å². The number of hydrogen-bond donors (Lipinski definition) is 1. The highest BCUT2D eigenvalue weighted by Crippen LogP contribution is 2.28. The van der Waals surface area contributed by atoms with Crippen molar-refractivity contribution >= 4 is 11.6 Å². The molecular formula is C18H22ClNO. The molecule has 2 rings (SSSR count). The van der Waals surface area contributed by atoms with Gasteiger partial charge in [0.1, 0.15) is 5.75 Å². The fourth-order valence-electron chi connectivity index (χ4n) is 2.50. The Morgan fingerprint density at radius 2 is 1.95 bits per heavy atom. The van der Waals surface area contributed by atoms with Crippen LogP contribution in [0.25, 0.3) is 0 Å². The van der Waals surface area contributed by atoms with Crippen LogP contribution in [0.3, 0.4) is 0 Å². The van der Waals surface area contributed by atoms with E-state index in [2.05, 4.69) is 30.4 Å². The maximum absolute atomic E-state index is 6.37. The molecule has 0 heterocycles. The van der Waals surface area contributed by atoms with Gasteiger partial charge in [-0.15, -0.1) is 0 Å². The number of ether oxygens (including phenoxy) is 1. The summed E-state index contributed by atoms with van der Waals surface area (Å²) in [7, 11) is 1.70. The Bertz CT molecular complexity index is 571. The number of methoxy groups -OCH3 is 1. The van der Waals surface area contributed by atoms with Gasteiger partial charge >= 0.3 is 0 Å². The molecule has 0 aliphatic rings. The Kier molecular flexibility index (Phi) is 6.09. The van der Waals surface area contributed by atoms with Crippen molar-refractivity contribution in [2.24, 2.45) is 0 Å². The average Bonchev–Trinajstić information content (AvgIpc) is 2.52. The smallest absolute Gasteiger partial charge is 0.119 e. The molecule has 0 radical (unpaired) electrons. The zero-order valence-electron chi connectivity index (χ0n) is 12.6. The highest BCUT2D eigenvalue weighted by Gasteiger charge is 2.15. The second-order valence-corrected chi connectivity index (χ2v) is 5.49. The maximum Gasteiger partial charge on any atom is 0.119 e. The largest absolute Gasteiger partial charge is 0.497 e. The minimum Gasteiger partial charge on any atom is -0.497 e. The molecule has 0 saturated heterocycles. The van der Waals surface area contributed by atoms with Gasteiger partial charge in [0.15, 0.2) is 0 Å². The third kappa shape index (κ3) is 4.48. The minimum absolute atomic E-state index is 0.353. The number of rotatable bonds is 7. The predicted octanol–water partition coefficient (Wildman–Crippen LogP) is 4.28. The van der Waals surface area contributed by atoms with Crippen molar-refractivity contribution in [3.8, 4) is 5.75 Å². The van der Waals surface area contributed by atoms with Crippen LogP contribution in [-0.2, 0) is 6.42 Å². The molecular weight excluding hydrogens is 282 g/mol. The van der Waals surface area contributed by atoms with E-state index in [0.29, 0.717) is 5.92 Å². The molecule has 112 valence electrons. The van der Waals surface area contributed by atoms with Crippen molar-refractivity contribution in [3.63, 3.8) is 0 Å². The Hall–Kier alpha value is -1.51. The molecule has 2 nitrogen and oxygen atoms in total. The van der Waals surface area contributed by atoms with Crippen molar-refractivity contribution < 1.29 is 4.74 Å². The van der Waals surface area contributed by atoms with Crippen LogP contribution < -0.4 is 10.1 Å². The molecule has 21 heavy (non-hydrogen) atoms. The van der Waals surface area contributed by atoms with Crippen LogP contribution in [0, 0.1) is 0 Å². The lowest BCUT2D eigenvalue weighted by Crippen LogP contribution is -2.23. The van der Waals surface area contributed by atoms with Gasteiger partial charge in [0, 0.05) is 17.5 Å². The predicted molar refractivity (Wildman–Crippen MR) is 89.4 cm³/mol. The fraction of sp³-hybridized carbons (Fsp3) is 0.333. The first kappa shape index (κ1) is 15.9. The Morgan fingerprint density at radius 1 is 1.14 bits per heavy atom. The number of hydrogen-bond acceptors (Lipinski definition) is 2. The van der Waals surface area contributed by atoms with E-state index in [1.54, 1.807) is 7.11 Å². The molecule has 3 heteroatoms. The van der Waals surface area contributed by atoms with Crippen molar-refractivity contribution in [1.29, 1.82) is 0 Å². The summed E-state index contributed by atoms with van der Waals surface area (Å²) in [6, 6.07) is 16.3. The first-order valence-corrected chi connectivity index (χ1v) is 7.70. The lowest BCUT2D eigenvalue weighted by molar-refractivity contribution is 0.414. The maximum atomic E-state index is 6.37. The first-order valence-electron chi connectivity index (χ1n) is 7.32. The van der Waals surface area contributed by atoms with Gasteiger partial charge in [0.25, 0.3) is 0 Å². The van der Waals surface area contributed by atoms with E-state index in [-0.39, 0.29) is 0 Å². The summed E-state index contributed by atoms with van der Waals surface area (Å²) in [5.41, 5.74) is 2.46. The Morgan fingerprint density at radius 3 is 2.67 bits per heavy atom. The van der Waals surface area contributed by atoms with Gasteiger partial charge in [-0.25, -0.2) is 0 Å². The van der Waals surface area contributed by atoms with E-state index in [0.717, 1.165) is 30.3 Å². The summed E-state index contributed by atoms with van der Waals surface area (Å²) < 4.78 is 5.31. The van der Waals surface area contributed by atoms with Gasteiger partial charge in [0.2, 0.25) is 0 Å². The zero-order valence-corrected chi connectivity index (χ0v) is 13.4. The summed E-state index contributed by atoms with van der Waals surface area (Å²) in [6.07, 6.45) is 0.938. The van der Waals surface area contributed by atoms with Crippen LogP contribution in [-0.4, -0.2) is 20.2 Å². The summed E-state index contributed by atoms with van der Waals surface area (Å²) in [4.78, 5) is 0. The quantitative estimate of drug-likeness (QED) is 0.824. The van der Waals surface area contributed by atoms with E-state index in [4.69, 9.17) is 16.3 Å². The molecule has 0 aromatic heterocycles. The highest BCUT2D eigenvalue weighted by atomic mass is 35.5. The third-order valence-corrected chi connectivity index (χ3v) is 3.95. The molecule has 1 atom stereocenters. The fourth-order valence-corrected chi connectivity index (χ4v) is 2.79. The molecule has 0 spiro atoms. The van der Waals surface area contributed by atoms with E-state index >= 15 is 0 Å². The zero-order chi connectivity index (χ0) is 15.1. The highest BCUT2D eigenvalue weighted by molar-refractivity contribution is 6.31. The number of halogens is 1. The van der Waals surface area contributed by atoms with Crippen LogP contribution in [0.1, 0.15) is 24.0 Å². The summed E-state index contributed by atoms with van der Waals surface area (Å²) >= 11 is 6.37. The van der Waals surface area contributed by atoms with Crippen LogP contribution in [0.2, 0.25) is 5.02 Å². The van der Waals surface area contributed by atoms with Gasteiger partial charge in [0.05, 0.1) is 7.11 Å². The normalized spacial score (nSPS) is 12.1. The lowest BCUT2D eigenvalue weighted by Gasteiger charge is -2.19. The molecule has 2 aromatic rings. The van der Waals surface area contributed by atoms with Crippen LogP contribution in [0.15, 0.2) is 48.5 Å². The SMILES string of the molecule is CCNCC(Cc1cccc(OC)c1)c1ccccc1Cl. The van der Waals surface area contributed by atoms with Crippen molar-refractivity contribution in [3.05, 3.63) is 64.7 Å². The van der Waals surface area contributed by atoms with Gasteiger partial charge < -0.3 is 10.1 Å². The van der Waals surface area contributed by atoms with E-state index in [1.165, 1.54) is 11.1 Å². The summed E-state index contributed by atoms with van der Waals surface area (Å²) in [5.74, 6) is 1.25. The molecule has 2 aromatic carbocycles. The third-order valence-electron chi connectivity index (χ3n) is 3.60. The van der Waals surface area contributed by atoms with Crippen molar-refractivity contribution in [2.45, 2.75) is 19.3 Å². The number of nitrogens with one attached hydrogen (secondary N) is 1. The molecule has 0 fully saturated rings. The van der Waals surface area contributed by atoms with Gasteiger partial charge in [-0.1, -0.05) is 48.9 Å². The molecule has 0 saturated carbocycles. The van der Waals surface area contributed by atoms with E-state index in [9.17, 15) is 0 Å². The van der Waals surface area contributed by atoms with Crippen LogP contribution in [0.4, 0.5) is 0 Å². The topological polar surface area (TPSA) is 21.3 Å². The molecule has 1 unspecified atom stereocenters. The van der Waals surface area contributed by atoms with Gasteiger partial charge in [-0.2, -0.15) is 0 Å². The Balaban J connectivity index is 2.21. The summed E-state index contributed by atoms with van der Waals surface area (Å²) in [5, 5.41) is 4.27. The summed E-state index contributed by atoms with van der Waals surface area (Å²) in [6.45, 7) is 3.99. The number of benzene rings is 2. The van der Waals surface area contributed by atoms with E-state index < -0.39 is 0 Å². The van der Waals surface area contributed by atoms with Crippen molar-refractivity contribution in [1.82, 2.24) is 5.32 Å². The lowest BCUT2D eigenvalue weighted by atomic mass is 9.91. The molecule has 0 aliphatic heterocycles. The second-order valence-electron chi connectivity index (χ2n) is 5.08. The molecule has 0 aliphatic carbocycles. The minimum atomic E-state index is 0.353. The molecule has 0 bridgehead atoms. The molecule has 0 amide bonds. The van der Waals surface area contributed by atoms with Crippen LogP contribution in [0.5, 0.6) is 5.75 Å². The monoisotopic (exact) mass is 303 g/mol. The van der Waals surface area contributed by atoms with Gasteiger partial charge in [-0.3, -0.25) is 0 Å². The standard InChI is InChI=1S/C18H22ClNO/c1-3-20-13-15(17-9-4-5-10-18(17)19)11-14-7-6-8-16(12-14)21-2/h4-10,12,15,20H,3,11,13H2,1-2H3. The first-order chi connectivity index (χ1) is 10.2. The van der Waals surface area contributed by atoms with Crippen molar-refractivity contribution in [2.75, 3.05) is 20.2 Å². The average molecular weight is 304 g/mol.